The van der Waals surface area contributed by atoms with Crippen molar-refractivity contribution in [1.29, 1.82) is 0 Å². The van der Waals surface area contributed by atoms with Gasteiger partial charge in [-0.1, -0.05) is 74.8 Å². The minimum Gasteiger partial charge on any atom is -0.480 e. The van der Waals surface area contributed by atoms with E-state index in [2.05, 4.69) is 6.92 Å². The van der Waals surface area contributed by atoms with Gasteiger partial charge in [0.05, 0.1) is 15.2 Å². The largest absolute Gasteiger partial charge is 0.480 e. The zero-order chi connectivity index (χ0) is 31.1. The van der Waals surface area contributed by atoms with Gasteiger partial charge in [-0.05, 0) is 30.7 Å². The number of carbonyl (C=O) groups is 4. The summed E-state index contributed by atoms with van der Waals surface area (Å²) in [6.45, 7) is 1.89. The predicted octanol–water partition coefficient (Wildman–Crippen LogP) is 3.18. The van der Waals surface area contributed by atoms with Gasteiger partial charge in [-0.15, -0.1) is 11.3 Å². The molecule has 1 aromatic carbocycles. The Labute approximate surface area is 264 Å². The van der Waals surface area contributed by atoms with Crippen molar-refractivity contribution in [3.05, 3.63) is 48.9 Å². The van der Waals surface area contributed by atoms with Gasteiger partial charge in [0.15, 0.2) is 0 Å². The fourth-order valence-corrected chi connectivity index (χ4v) is 8.06. The average molecular weight is 664 g/mol. The maximum absolute atomic E-state index is 13.6. The molecule has 228 valence electrons. The zero-order valence-corrected chi connectivity index (χ0v) is 26.4. The number of anilines is 1. The number of amides is 1. The van der Waals surface area contributed by atoms with Crippen LogP contribution in [-0.4, -0.2) is 61.4 Å². The summed E-state index contributed by atoms with van der Waals surface area (Å²) in [4.78, 5) is 64.1. The van der Waals surface area contributed by atoms with Crippen molar-refractivity contribution in [3.63, 3.8) is 0 Å². The summed E-state index contributed by atoms with van der Waals surface area (Å²) >= 11 is 8.67. The molecule has 2 N–H and O–H groups in total. The molecule has 2 aromatic rings. The molecule has 1 aromatic heterocycles. The number of aliphatic carboxylic acids is 2. The highest BCUT2D eigenvalue weighted by Gasteiger charge is 2.35. The molecule has 2 aliphatic heterocycles. The topological polar surface area (TPSA) is 146 Å². The van der Waals surface area contributed by atoms with Gasteiger partial charge in [-0.25, -0.2) is 0 Å². The Morgan fingerprint density at radius 3 is 2.37 bits per heavy atom. The molecule has 0 atom stereocenters. The van der Waals surface area contributed by atoms with Gasteiger partial charge < -0.3 is 19.8 Å². The number of allylic oxidation sites excluding steroid dienone is 1. The number of ether oxygens (including phenoxy) is 1. The summed E-state index contributed by atoms with van der Waals surface area (Å²) in [5.74, 6) is -2.56. The Kier molecular flexibility index (Phi) is 11.2. The van der Waals surface area contributed by atoms with E-state index < -0.39 is 24.4 Å². The molecule has 0 aliphatic carbocycles. The maximum atomic E-state index is 13.6. The number of thioether (sulfide) groups is 2. The van der Waals surface area contributed by atoms with E-state index in [0.29, 0.717) is 32.9 Å². The summed E-state index contributed by atoms with van der Waals surface area (Å²) in [7, 11) is 0. The van der Waals surface area contributed by atoms with Crippen molar-refractivity contribution in [2.75, 3.05) is 18.0 Å². The van der Waals surface area contributed by atoms with E-state index in [4.69, 9.17) is 17.0 Å². The lowest BCUT2D eigenvalue weighted by Gasteiger charge is -2.17. The third-order valence-corrected chi connectivity index (χ3v) is 10.4. The Balaban J connectivity index is 1.75. The first kappa shape index (κ1) is 32.5. The van der Waals surface area contributed by atoms with Crippen LogP contribution in [-0.2, 0) is 25.7 Å². The normalized spacial score (nSPS) is 17.2. The number of rotatable bonds is 14. The lowest BCUT2D eigenvalue weighted by molar-refractivity contribution is -0.140. The van der Waals surface area contributed by atoms with Gasteiger partial charge in [-0.2, -0.15) is 0 Å². The Morgan fingerprint density at radius 1 is 0.977 bits per heavy atom. The molecule has 0 saturated carbocycles. The number of carbonyl (C=O) groups excluding carboxylic acids is 2. The minimum absolute atomic E-state index is 0.115. The number of aromatic nitrogens is 1. The molecule has 0 bridgehead atoms. The molecule has 2 aliphatic rings. The van der Waals surface area contributed by atoms with E-state index in [0.717, 1.165) is 71.4 Å². The molecule has 1 amide bonds. The Hall–Kier alpha value is -3.40. The van der Waals surface area contributed by atoms with E-state index >= 15 is 0 Å². The number of carboxylic acid groups (broad SMARTS) is 2. The molecule has 3 heterocycles. The third kappa shape index (κ3) is 7.77. The van der Waals surface area contributed by atoms with Crippen LogP contribution < -0.4 is 24.4 Å². The number of fused-ring (bicyclic) bond motifs is 1. The number of hydrogen-bond acceptors (Lipinski definition) is 11. The van der Waals surface area contributed by atoms with E-state index in [1.165, 1.54) is 11.8 Å². The molecule has 1 fully saturated rings. The minimum atomic E-state index is -1.19. The number of thiazole rings is 1. The second-order valence-electron chi connectivity index (χ2n) is 9.58. The summed E-state index contributed by atoms with van der Waals surface area (Å²) in [5.41, 5.74) is 0.246. The number of unbranched alkanes of at least 4 members (excludes halogenated alkanes) is 5. The molecule has 4 rings (SSSR count). The molecule has 0 radical (unpaired) electrons. The average Bonchev–Trinajstić information content (AvgIpc) is 3.55. The highest BCUT2D eigenvalue weighted by Crippen LogP contribution is 2.47. The number of benzene rings is 1. The second-order valence-corrected chi connectivity index (χ2v) is 13.3. The lowest BCUT2D eigenvalue weighted by Crippen LogP contribution is -2.35. The third-order valence-electron chi connectivity index (χ3n) is 6.54. The first-order valence-electron chi connectivity index (χ1n) is 13.5. The van der Waals surface area contributed by atoms with E-state index in [9.17, 15) is 34.2 Å². The summed E-state index contributed by atoms with van der Waals surface area (Å²) in [6.07, 6.45) is 9.29. The zero-order valence-electron chi connectivity index (χ0n) is 23.1. The van der Waals surface area contributed by atoms with Crippen LogP contribution in [0.3, 0.4) is 0 Å². The first-order chi connectivity index (χ1) is 20.6. The molecule has 11 nitrogen and oxygen atoms in total. The van der Waals surface area contributed by atoms with Crippen LogP contribution in [0.1, 0.15) is 45.4 Å². The van der Waals surface area contributed by atoms with Gasteiger partial charge in [0.1, 0.15) is 32.7 Å². The number of nitrogens with zero attached hydrogens (tertiary/aromatic N) is 3. The lowest BCUT2D eigenvalue weighted by atomic mass is 10.1. The van der Waals surface area contributed by atoms with E-state index in [1.807, 2.05) is 0 Å². The van der Waals surface area contributed by atoms with E-state index in [-0.39, 0.29) is 27.1 Å². The number of thiocarbonyl (C=S) groups is 1. The van der Waals surface area contributed by atoms with Crippen molar-refractivity contribution >= 4 is 92.4 Å². The van der Waals surface area contributed by atoms with Crippen molar-refractivity contribution < 1.29 is 34.1 Å². The highest BCUT2D eigenvalue weighted by molar-refractivity contribution is 8.30. The van der Waals surface area contributed by atoms with Crippen LogP contribution in [0.4, 0.5) is 5.69 Å². The van der Waals surface area contributed by atoms with Gasteiger partial charge in [-0.3, -0.25) is 33.4 Å². The summed E-state index contributed by atoms with van der Waals surface area (Å²) < 4.78 is 7.33. The summed E-state index contributed by atoms with van der Waals surface area (Å²) in [5, 5.41) is 19.3. The van der Waals surface area contributed by atoms with Gasteiger partial charge in [0.25, 0.3) is 17.9 Å². The molecule has 0 unspecified atom stereocenters. The maximum Gasteiger partial charge on any atom is 0.323 e. The van der Waals surface area contributed by atoms with Crippen LogP contribution in [0.15, 0.2) is 39.0 Å². The first-order valence-corrected chi connectivity index (χ1v) is 16.3. The molecular weight excluding hydrogens is 635 g/mol. The van der Waals surface area contributed by atoms with Crippen molar-refractivity contribution in [1.82, 2.24) is 9.47 Å². The van der Waals surface area contributed by atoms with Gasteiger partial charge in [0, 0.05) is 17.5 Å². The van der Waals surface area contributed by atoms with Crippen LogP contribution in [0.5, 0.6) is 5.75 Å². The van der Waals surface area contributed by atoms with Crippen molar-refractivity contribution in [3.8, 4) is 5.75 Å². The second kappa shape index (κ2) is 14.9. The van der Waals surface area contributed by atoms with Gasteiger partial charge >= 0.3 is 11.9 Å². The van der Waals surface area contributed by atoms with E-state index in [1.54, 1.807) is 39.8 Å². The number of carboxylic acids is 2. The molecule has 15 heteroatoms. The number of hydrogen-bond donors (Lipinski definition) is 2. The monoisotopic (exact) mass is 663 g/mol. The van der Waals surface area contributed by atoms with Crippen molar-refractivity contribution in [2.24, 2.45) is 0 Å². The summed E-state index contributed by atoms with van der Waals surface area (Å²) in [6, 6.07) is 4.89. The molecule has 43 heavy (non-hydrogen) atoms. The standard InChI is InChI=1S/C28H29N3O8S4/c1-2-3-4-5-6-7-12-29-25(37)20(42-27(29)24-26(38)31(15-23(35)36)28(40)43-24)10-11-21-30(14-22(33)34)18-13-17(39-16-32)8-9-19(18)41-21/h8-11,13,16H,2-7,12,14-15H2,1H3,(H,33,34)(H,35,36)/b20-10?,21-11?,27-24-. The Morgan fingerprint density at radius 2 is 1.67 bits per heavy atom. The fourth-order valence-electron chi connectivity index (χ4n) is 4.53. The highest BCUT2D eigenvalue weighted by atomic mass is 32.2. The molecule has 1 saturated heterocycles. The predicted molar refractivity (Wildman–Crippen MR) is 171 cm³/mol. The quantitative estimate of drug-likeness (QED) is 0.174. The van der Waals surface area contributed by atoms with Crippen LogP contribution in [0, 0.1) is 0 Å². The van der Waals surface area contributed by atoms with Crippen LogP contribution in [0.25, 0.3) is 11.0 Å². The smallest absolute Gasteiger partial charge is 0.323 e. The fraction of sp³-hybridized carbons (Fsp3) is 0.357. The molecular formula is C28H29N3O8S4. The Bertz CT molecular complexity index is 1660. The van der Waals surface area contributed by atoms with Gasteiger partial charge in [0.2, 0.25) is 0 Å². The molecule has 0 spiro atoms. The van der Waals surface area contributed by atoms with Crippen LogP contribution >= 0.6 is 47.1 Å². The SMILES string of the molecule is CCCCCCCCn1c(=O)c(=CC=C2Sc3ccc(OC=O)cc3N2CC(=O)O)s/c1=C1\SC(=S)N(CC(=O)O)C1=O. The van der Waals surface area contributed by atoms with Crippen molar-refractivity contribution in [2.45, 2.75) is 56.9 Å². The van der Waals surface area contributed by atoms with Crippen LogP contribution in [0.2, 0.25) is 0 Å².